The predicted molar refractivity (Wildman–Crippen MR) is 469 cm³/mol. The van der Waals surface area contributed by atoms with Gasteiger partial charge in [0.15, 0.2) is 17.5 Å². The van der Waals surface area contributed by atoms with E-state index in [9.17, 15) is 110 Å². The van der Waals surface area contributed by atoms with Gasteiger partial charge in [0.1, 0.15) is 52.6 Å². The predicted octanol–water partition coefficient (Wildman–Crippen LogP) is 3.24. The van der Waals surface area contributed by atoms with Gasteiger partial charge in [-0.15, -0.1) is 11.8 Å². The Morgan fingerprint density at radius 2 is 1.14 bits per heavy atom. The Balaban J connectivity index is 0.927. The number of nitrogens with one attached hydrogen (secondary N) is 11. The lowest BCUT2D eigenvalue weighted by atomic mass is 9.79. The van der Waals surface area contributed by atoms with Gasteiger partial charge in [-0.25, -0.2) is 0 Å². The summed E-state index contributed by atoms with van der Waals surface area (Å²) in [4.78, 5) is 152. The number of amides is 9. The highest BCUT2D eigenvalue weighted by Crippen LogP contribution is 2.52. The fourth-order valence-corrected chi connectivity index (χ4v) is 21.2. The monoisotopic (exact) mass is 1870 g/mol. The number of guanidine groups is 1. The SMILES string of the molecule is CCN1C(=CC=CC=CC2=[N+](CCCCCC(=O)NCCCC[C@@H]3NC(=O)CSC[C@@H](C(C)=O)NC(=O)[C@H](Cc4ccccc4)NC(=O)[C@@H]4CSSC[C@H](NC3=O)C(=O)N[C@@H](CCCNC(=N)N)C(=O)NCC(=O)N[C@@H](CC(=O)O)C(=O)N4)c3ccc4c(S(=O)(=O)O)cc(S(=O)(=O)O)cc4c3C2(C)C)C(C)(C)c2c1ccc1c(S(=O)(=O)O)cc(S(=O)(=O)O)cc21. The Kier molecular flexibility index (Phi) is 33.3. The van der Waals surface area contributed by atoms with E-state index >= 15 is 0 Å². The Hall–Kier alpha value is -10.4. The van der Waals surface area contributed by atoms with Crippen molar-refractivity contribution in [3.63, 3.8) is 0 Å². The van der Waals surface area contributed by atoms with Crippen molar-refractivity contribution in [3.05, 3.63) is 132 Å². The van der Waals surface area contributed by atoms with Crippen molar-refractivity contribution in [1.82, 2.24) is 53.2 Å². The van der Waals surface area contributed by atoms with E-state index in [1.807, 2.05) is 44.1 Å². The number of unbranched alkanes of at least 4 members (excludes halogenated alkanes) is 3. The van der Waals surface area contributed by atoms with Crippen LogP contribution in [0.1, 0.15) is 122 Å². The van der Waals surface area contributed by atoms with E-state index in [1.165, 1.54) is 19.1 Å². The third kappa shape index (κ3) is 25.7. The minimum absolute atomic E-state index is 0.0110. The first-order valence-electron chi connectivity index (χ1n) is 39.6. The molecular weight excluding hydrogens is 1770 g/mol. The lowest BCUT2D eigenvalue weighted by Gasteiger charge is -2.27. The molecule has 4 aliphatic rings. The van der Waals surface area contributed by atoms with E-state index in [2.05, 4.69) is 53.2 Å². The molecule has 0 spiro atoms. The van der Waals surface area contributed by atoms with Crippen molar-refractivity contribution in [2.45, 2.75) is 185 Å². The third-order valence-electron chi connectivity index (χ3n) is 21.3. The second kappa shape index (κ2) is 42.3. The first-order chi connectivity index (χ1) is 58.7. The maximum absolute atomic E-state index is 14.7. The number of nitrogens with two attached hydrogens (primary N) is 1. The molecule has 18 N–H and O–H groups in total. The van der Waals surface area contributed by atoms with E-state index in [1.54, 1.807) is 72.8 Å². The molecular formula is C80H101N14O24S7+. The molecule has 0 aliphatic carbocycles. The zero-order valence-electron chi connectivity index (χ0n) is 68.9. The van der Waals surface area contributed by atoms with Crippen LogP contribution in [0.4, 0.5) is 11.4 Å². The van der Waals surface area contributed by atoms with Gasteiger partial charge in [0.05, 0.1) is 40.0 Å². The van der Waals surface area contributed by atoms with E-state index in [-0.39, 0.29) is 115 Å². The molecule has 9 amide bonds. The molecule has 4 aliphatic heterocycles. The number of anilines is 1. The number of Topliss-reactive ketones (excluding diaryl/α,β-unsaturated/α-hetero) is 1. The van der Waals surface area contributed by atoms with Crippen molar-refractivity contribution in [2.75, 3.05) is 60.6 Å². The van der Waals surface area contributed by atoms with Crippen molar-refractivity contribution in [3.8, 4) is 0 Å². The zero-order valence-corrected chi connectivity index (χ0v) is 74.6. The molecule has 2 bridgehead atoms. The Morgan fingerprint density at radius 1 is 0.584 bits per heavy atom. The average Bonchev–Trinajstić information content (AvgIpc) is 1.58. The van der Waals surface area contributed by atoms with Gasteiger partial charge in [0, 0.05) is 101 Å². The molecule has 125 heavy (non-hydrogen) atoms. The zero-order chi connectivity index (χ0) is 91.8. The molecule has 5 aromatic carbocycles. The van der Waals surface area contributed by atoms with Crippen molar-refractivity contribution >= 4 is 183 Å². The second-order valence-corrected chi connectivity index (χ2v) is 40.3. The van der Waals surface area contributed by atoms with E-state index in [0.29, 0.717) is 77.4 Å². The summed E-state index contributed by atoms with van der Waals surface area (Å²) in [6.07, 6.45) is 9.13. The van der Waals surface area contributed by atoms with Crippen molar-refractivity contribution in [2.24, 2.45) is 5.73 Å². The minimum atomic E-state index is -5.10. The number of carboxylic acid groups (broad SMARTS) is 1. The minimum Gasteiger partial charge on any atom is -0.481 e. The highest BCUT2D eigenvalue weighted by Gasteiger charge is 2.47. The molecule has 0 saturated carbocycles. The highest BCUT2D eigenvalue weighted by molar-refractivity contribution is 8.76. The largest absolute Gasteiger partial charge is 0.481 e. The average molecular weight is 1870 g/mol. The Labute approximate surface area is 734 Å². The van der Waals surface area contributed by atoms with Crippen molar-refractivity contribution in [1.29, 1.82) is 5.41 Å². The standard InChI is InChI=1S/C80H100N14O24S7/c1-7-93-60-29-27-49-51(35-47(122(107,108)109)37-62(49)124(113,114)115)70(60)79(3,4)64(93)24-13-9-14-25-65-80(5,6)71-52-36-48(123(110,111)112)38-63(125(116,117)118)50(52)28-30-61(71)94(65)33-18-10-15-26-66(96)83-31-17-16-22-54-73(102)91-58-42-120-121-43-59(77(106)89-55(34-46-20-11-8-12-21-46)74(103)90-57(45(2)95)41-119-44-68(98)86-54)92-75(104)56(39-69(99)100)87-67(97)40-85-72(101)53(88-76(58)105)23-19-32-84-78(81)82/h8-9,11-14,20-21,24-25,27-30,35-38,53-59H,7,10,15-19,22-23,26,31-34,39-44H2,1-6H3,(H17-,81,82,83,84,85,86,87,88,89,90,91,92,96,97,98,99,100,101,102,103,104,105,106,107,108,109,110,111,112,113,114,115,116,117,118)/p+1/t53-,54-,55-,56-,57-,58-,59-/m0/s1. The Morgan fingerprint density at radius 3 is 1.73 bits per heavy atom. The number of allylic oxidation sites excluding steroid dienone is 6. The number of rotatable bonds is 28. The van der Waals surface area contributed by atoms with Gasteiger partial charge in [-0.05, 0) is 137 Å². The second-order valence-electron chi connectivity index (χ2n) is 31.1. The molecule has 38 nitrogen and oxygen atoms in total. The van der Waals surface area contributed by atoms with Gasteiger partial charge < -0.3 is 68.9 Å². The third-order valence-corrected chi connectivity index (χ3v) is 28.2. The van der Waals surface area contributed by atoms with E-state index in [4.69, 9.17) is 11.1 Å². The summed E-state index contributed by atoms with van der Waals surface area (Å²) >= 11 is 0.913. The summed E-state index contributed by atoms with van der Waals surface area (Å²) in [6.45, 7) is 10.3. The van der Waals surface area contributed by atoms with Gasteiger partial charge in [-0.2, -0.15) is 38.2 Å². The van der Waals surface area contributed by atoms with Crippen LogP contribution in [0, 0.1) is 5.41 Å². The summed E-state index contributed by atoms with van der Waals surface area (Å²) in [6, 6.07) is 7.64. The maximum atomic E-state index is 14.7. The highest BCUT2D eigenvalue weighted by atomic mass is 33.1. The molecule has 0 aromatic heterocycles. The molecule has 0 unspecified atom stereocenters. The first kappa shape index (κ1) is 98.4. The number of fused-ring (bicyclic) bond motifs is 11. The van der Waals surface area contributed by atoms with Crippen LogP contribution in [0.3, 0.4) is 0 Å². The summed E-state index contributed by atoms with van der Waals surface area (Å²) in [5.41, 5.74) is 7.34. The van der Waals surface area contributed by atoms with Gasteiger partial charge in [-0.1, -0.05) is 90.1 Å². The molecule has 2 fully saturated rings. The molecule has 0 radical (unpaired) electrons. The maximum Gasteiger partial charge on any atom is 0.305 e. The molecule has 45 heteroatoms. The van der Waals surface area contributed by atoms with Crippen LogP contribution in [0.25, 0.3) is 21.5 Å². The van der Waals surface area contributed by atoms with Crippen LogP contribution in [0.2, 0.25) is 0 Å². The fraction of sp³-hybridized carbons (Fsp3) is 0.438. The number of nitrogens with zero attached hydrogens (tertiary/aromatic N) is 2. The van der Waals surface area contributed by atoms with E-state index < -0.39 is 191 Å². The summed E-state index contributed by atoms with van der Waals surface area (Å²) in [5.74, 6) is -11.6. The lowest BCUT2D eigenvalue weighted by molar-refractivity contribution is -0.438. The van der Waals surface area contributed by atoms with E-state index in [0.717, 1.165) is 45.5 Å². The number of likely N-dealkylation sites (N-methyl/N-ethyl adjacent to an activating group) is 1. The van der Waals surface area contributed by atoms with Gasteiger partial charge >= 0.3 is 5.97 Å². The number of hydrogen-bond acceptors (Lipinski definition) is 24. The molecule has 4 heterocycles. The number of thioether (sulfide) groups is 1. The van der Waals surface area contributed by atoms with Gasteiger partial charge in [-0.3, -0.25) is 76.4 Å². The first-order valence-corrected chi connectivity index (χ1v) is 49.0. The topological polar surface area (TPSA) is 602 Å². The smallest absolute Gasteiger partial charge is 0.305 e. The van der Waals surface area contributed by atoms with Gasteiger partial charge in [0.25, 0.3) is 40.5 Å². The van der Waals surface area contributed by atoms with Crippen molar-refractivity contribution < 1.29 is 114 Å². The molecule has 7 atom stereocenters. The molecule has 2 saturated heterocycles. The summed E-state index contributed by atoms with van der Waals surface area (Å²) < 4.78 is 145. The number of carbonyl (C=O) groups excluding carboxylic acids is 10. The van der Waals surface area contributed by atoms with Crippen LogP contribution in [0.15, 0.2) is 135 Å². The number of carbonyl (C=O) groups is 11. The van der Waals surface area contributed by atoms with Crippen LogP contribution in [0.5, 0.6) is 0 Å². The fourth-order valence-electron chi connectivity index (χ4n) is 15.2. The van der Waals surface area contributed by atoms with Crippen LogP contribution >= 0.6 is 33.3 Å². The number of hydrogen-bond donors (Lipinski definition) is 17. The lowest BCUT2D eigenvalue weighted by Crippen LogP contribution is -2.59. The Bertz CT molecular complexity index is 5690. The quantitative estimate of drug-likeness (QED) is 0.00650. The molecule has 9 rings (SSSR count). The normalized spacial score (nSPS) is 21.5. The number of carboxylic acids is 1. The van der Waals surface area contributed by atoms with Gasteiger partial charge in [0.2, 0.25) is 58.9 Å². The molecule has 5 aromatic rings. The molecule has 676 valence electrons. The number of aliphatic carboxylic acids is 1. The van der Waals surface area contributed by atoms with Crippen LogP contribution < -0.4 is 63.8 Å². The number of ketones is 1. The van der Waals surface area contributed by atoms with Crippen LogP contribution in [-0.2, 0) is 110 Å². The number of benzene rings is 5. The summed E-state index contributed by atoms with van der Waals surface area (Å²) in [7, 11) is -18.4. The summed E-state index contributed by atoms with van der Waals surface area (Å²) in [5, 5.41) is 43.5. The van der Waals surface area contributed by atoms with Crippen LogP contribution in [-0.4, -0.2) is 236 Å².